The minimum absolute atomic E-state index is 0.329. The molecule has 0 aliphatic heterocycles. The lowest BCUT2D eigenvalue weighted by atomic mass is 9.98. The molecule has 2 aliphatic carbocycles. The molecule has 0 heterocycles. The standard InChI is InChI=1S/C14H24N2O4/c1-16(8-9-20-10-11-4-5-11)13(19)15-14(12(17)18)6-2-3-7-14/h11H,2-10H2,1H3,(H,15,19)(H,17,18). The van der Waals surface area contributed by atoms with Crippen LogP contribution in [0.3, 0.4) is 0 Å². The fraction of sp³-hybridized carbons (Fsp3) is 0.857. The zero-order valence-corrected chi connectivity index (χ0v) is 12.1. The Morgan fingerprint density at radius 2 is 2.00 bits per heavy atom. The number of carboxylic acids is 1. The van der Waals surface area contributed by atoms with E-state index in [-0.39, 0.29) is 6.03 Å². The molecule has 0 aromatic rings. The maximum atomic E-state index is 12.0. The molecule has 2 amide bonds. The van der Waals surface area contributed by atoms with Gasteiger partial charge in [-0.3, -0.25) is 0 Å². The summed E-state index contributed by atoms with van der Waals surface area (Å²) in [6, 6.07) is -0.329. The fourth-order valence-electron chi connectivity index (χ4n) is 2.51. The van der Waals surface area contributed by atoms with E-state index in [1.54, 1.807) is 7.05 Å². The van der Waals surface area contributed by atoms with Crippen molar-refractivity contribution in [2.45, 2.75) is 44.1 Å². The lowest BCUT2D eigenvalue weighted by molar-refractivity contribution is -0.144. The van der Waals surface area contributed by atoms with E-state index in [0.29, 0.717) is 31.9 Å². The number of aliphatic carboxylic acids is 1. The smallest absolute Gasteiger partial charge is 0.329 e. The summed E-state index contributed by atoms with van der Waals surface area (Å²) in [6.45, 7) is 1.75. The molecule has 0 unspecified atom stereocenters. The van der Waals surface area contributed by atoms with E-state index >= 15 is 0 Å². The minimum Gasteiger partial charge on any atom is -0.480 e. The van der Waals surface area contributed by atoms with Gasteiger partial charge in [0.25, 0.3) is 0 Å². The van der Waals surface area contributed by atoms with Crippen LogP contribution in [0.4, 0.5) is 4.79 Å². The molecule has 0 saturated heterocycles. The summed E-state index contributed by atoms with van der Waals surface area (Å²) in [6.07, 6.45) is 5.22. The van der Waals surface area contributed by atoms with Gasteiger partial charge in [-0.15, -0.1) is 0 Å². The number of hydrogen-bond donors (Lipinski definition) is 2. The van der Waals surface area contributed by atoms with Crippen LogP contribution < -0.4 is 5.32 Å². The number of urea groups is 1. The number of nitrogens with one attached hydrogen (secondary N) is 1. The van der Waals surface area contributed by atoms with E-state index in [1.165, 1.54) is 17.7 Å². The third kappa shape index (κ3) is 3.85. The first-order valence-electron chi connectivity index (χ1n) is 7.38. The van der Waals surface area contributed by atoms with Gasteiger partial charge in [0.1, 0.15) is 5.54 Å². The Balaban J connectivity index is 1.72. The molecule has 114 valence electrons. The van der Waals surface area contributed by atoms with Crippen molar-refractivity contribution >= 4 is 12.0 Å². The lowest BCUT2D eigenvalue weighted by Gasteiger charge is -2.28. The van der Waals surface area contributed by atoms with Crippen LogP contribution in [0, 0.1) is 5.92 Å². The Morgan fingerprint density at radius 3 is 2.55 bits per heavy atom. The molecule has 2 rings (SSSR count). The summed E-state index contributed by atoms with van der Waals surface area (Å²) in [5.74, 6) is -0.218. The molecule has 0 bridgehead atoms. The molecule has 0 radical (unpaired) electrons. The van der Waals surface area contributed by atoms with E-state index < -0.39 is 11.5 Å². The van der Waals surface area contributed by atoms with Crippen LogP contribution in [0.25, 0.3) is 0 Å². The monoisotopic (exact) mass is 284 g/mol. The zero-order chi connectivity index (χ0) is 14.6. The summed E-state index contributed by atoms with van der Waals surface area (Å²) < 4.78 is 5.48. The lowest BCUT2D eigenvalue weighted by Crippen LogP contribution is -2.56. The van der Waals surface area contributed by atoms with E-state index in [9.17, 15) is 14.7 Å². The molecule has 2 N–H and O–H groups in total. The van der Waals surface area contributed by atoms with Gasteiger partial charge in [0.05, 0.1) is 6.61 Å². The molecule has 0 aromatic carbocycles. The van der Waals surface area contributed by atoms with Crippen molar-refractivity contribution in [1.82, 2.24) is 10.2 Å². The maximum Gasteiger partial charge on any atom is 0.329 e. The highest BCUT2D eigenvalue weighted by atomic mass is 16.5. The Labute approximate surface area is 119 Å². The average Bonchev–Trinajstić information content (AvgIpc) is 3.11. The molecular weight excluding hydrogens is 260 g/mol. The second kappa shape index (κ2) is 6.43. The van der Waals surface area contributed by atoms with Crippen molar-refractivity contribution < 1.29 is 19.4 Å². The molecule has 6 nitrogen and oxygen atoms in total. The molecule has 2 fully saturated rings. The normalized spacial score (nSPS) is 20.6. The number of carbonyl (C=O) groups is 2. The third-order valence-electron chi connectivity index (χ3n) is 4.18. The van der Waals surface area contributed by atoms with Crippen LogP contribution in [0.15, 0.2) is 0 Å². The highest BCUT2D eigenvalue weighted by Gasteiger charge is 2.43. The fourth-order valence-corrected chi connectivity index (χ4v) is 2.51. The topological polar surface area (TPSA) is 78.9 Å². The van der Waals surface area contributed by atoms with Crippen molar-refractivity contribution in [3.05, 3.63) is 0 Å². The molecular formula is C14H24N2O4. The summed E-state index contributed by atoms with van der Waals surface area (Å²) in [4.78, 5) is 24.9. The Bertz CT molecular complexity index is 362. The van der Waals surface area contributed by atoms with Gasteiger partial charge in [-0.1, -0.05) is 12.8 Å². The molecule has 6 heteroatoms. The zero-order valence-electron chi connectivity index (χ0n) is 12.1. The summed E-state index contributed by atoms with van der Waals surface area (Å²) in [5.41, 5.74) is -1.07. The highest BCUT2D eigenvalue weighted by Crippen LogP contribution is 2.30. The van der Waals surface area contributed by atoms with E-state index in [2.05, 4.69) is 5.32 Å². The van der Waals surface area contributed by atoms with Crippen molar-refractivity contribution in [3.63, 3.8) is 0 Å². The van der Waals surface area contributed by atoms with Gasteiger partial charge in [-0.05, 0) is 31.6 Å². The van der Waals surface area contributed by atoms with Gasteiger partial charge < -0.3 is 20.1 Å². The van der Waals surface area contributed by atoms with Crippen molar-refractivity contribution in [2.24, 2.45) is 5.92 Å². The third-order valence-corrected chi connectivity index (χ3v) is 4.18. The van der Waals surface area contributed by atoms with Crippen LogP contribution in [-0.2, 0) is 9.53 Å². The van der Waals surface area contributed by atoms with Gasteiger partial charge in [0, 0.05) is 20.2 Å². The Hall–Kier alpha value is -1.30. The molecule has 0 atom stereocenters. The number of carboxylic acid groups (broad SMARTS) is 1. The number of ether oxygens (including phenoxy) is 1. The van der Waals surface area contributed by atoms with E-state index in [1.807, 2.05) is 0 Å². The number of rotatable bonds is 7. The van der Waals surface area contributed by atoms with Crippen molar-refractivity contribution in [1.29, 1.82) is 0 Å². The summed E-state index contributed by atoms with van der Waals surface area (Å²) >= 11 is 0. The SMILES string of the molecule is CN(CCOCC1CC1)C(=O)NC1(C(=O)O)CCCC1. The Morgan fingerprint density at radius 1 is 1.35 bits per heavy atom. The van der Waals surface area contributed by atoms with Gasteiger partial charge >= 0.3 is 12.0 Å². The van der Waals surface area contributed by atoms with Gasteiger partial charge in [-0.25, -0.2) is 9.59 Å². The quantitative estimate of drug-likeness (QED) is 0.694. The summed E-state index contributed by atoms with van der Waals surface area (Å²) in [5, 5.41) is 12.0. The van der Waals surface area contributed by atoms with Gasteiger partial charge in [0.2, 0.25) is 0 Å². The van der Waals surface area contributed by atoms with E-state index in [0.717, 1.165) is 19.4 Å². The molecule has 2 aliphatic rings. The first-order valence-corrected chi connectivity index (χ1v) is 7.38. The van der Waals surface area contributed by atoms with Crippen molar-refractivity contribution in [3.8, 4) is 0 Å². The predicted octanol–water partition coefficient (Wildman–Crippen LogP) is 1.45. The number of hydrogen-bond acceptors (Lipinski definition) is 3. The van der Waals surface area contributed by atoms with Crippen LogP contribution in [0.5, 0.6) is 0 Å². The largest absolute Gasteiger partial charge is 0.480 e. The molecule has 20 heavy (non-hydrogen) atoms. The van der Waals surface area contributed by atoms with Crippen LogP contribution in [-0.4, -0.2) is 54.4 Å². The second-order valence-corrected chi connectivity index (χ2v) is 5.96. The maximum absolute atomic E-state index is 12.0. The second-order valence-electron chi connectivity index (χ2n) is 5.96. The predicted molar refractivity (Wildman–Crippen MR) is 73.5 cm³/mol. The minimum atomic E-state index is -1.07. The number of carbonyl (C=O) groups excluding carboxylic acids is 1. The molecule has 2 saturated carbocycles. The van der Waals surface area contributed by atoms with Crippen LogP contribution >= 0.6 is 0 Å². The molecule has 0 aromatic heterocycles. The number of amides is 2. The Kier molecular flexibility index (Phi) is 4.86. The van der Waals surface area contributed by atoms with Crippen LogP contribution in [0.2, 0.25) is 0 Å². The number of likely N-dealkylation sites (N-methyl/N-ethyl adjacent to an activating group) is 1. The molecule has 0 spiro atoms. The van der Waals surface area contributed by atoms with Crippen molar-refractivity contribution in [2.75, 3.05) is 26.8 Å². The van der Waals surface area contributed by atoms with Gasteiger partial charge in [-0.2, -0.15) is 0 Å². The number of nitrogens with zero attached hydrogens (tertiary/aromatic N) is 1. The van der Waals surface area contributed by atoms with Gasteiger partial charge in [0.15, 0.2) is 0 Å². The first-order chi connectivity index (χ1) is 9.53. The average molecular weight is 284 g/mol. The van der Waals surface area contributed by atoms with Crippen LogP contribution in [0.1, 0.15) is 38.5 Å². The first kappa shape index (κ1) is 15.1. The summed E-state index contributed by atoms with van der Waals surface area (Å²) in [7, 11) is 1.67. The highest BCUT2D eigenvalue weighted by molar-refractivity contribution is 5.86. The van der Waals surface area contributed by atoms with E-state index in [4.69, 9.17) is 4.74 Å².